The van der Waals surface area contributed by atoms with Crippen molar-refractivity contribution in [1.29, 1.82) is 0 Å². The van der Waals surface area contributed by atoms with E-state index in [9.17, 15) is 0 Å². The Morgan fingerprint density at radius 2 is 1.68 bits per heavy atom. The minimum absolute atomic E-state index is 0.121. The molecule has 4 rings (SSSR count). The maximum atomic E-state index is 5.01. The third kappa shape index (κ3) is 3.95. The molecule has 3 heteroatoms. The topological polar surface area (TPSA) is 25.8 Å². The summed E-state index contributed by atoms with van der Waals surface area (Å²) < 4.78 is 1.26. The highest BCUT2D eigenvalue weighted by molar-refractivity contribution is 7.16. The molecule has 2 aromatic heterocycles. The van der Waals surface area contributed by atoms with E-state index in [0.29, 0.717) is 0 Å². The minimum Gasteiger partial charge on any atom is -0.253 e. The van der Waals surface area contributed by atoms with Gasteiger partial charge in [-0.3, -0.25) is 4.98 Å². The SMILES string of the molecule is CC(C)(Cc1ccc2scnc2c1)Cc1ccc2c(C(C)(C)C)cccc2n1. The van der Waals surface area contributed by atoms with E-state index >= 15 is 0 Å². The Morgan fingerprint density at radius 3 is 2.46 bits per heavy atom. The van der Waals surface area contributed by atoms with Crippen LogP contribution in [0.5, 0.6) is 0 Å². The second-order valence-electron chi connectivity index (χ2n) is 9.60. The predicted octanol–water partition coefficient (Wildman–Crippen LogP) is 6.95. The molecular formula is C25H28N2S. The van der Waals surface area contributed by atoms with Crippen molar-refractivity contribution in [3.8, 4) is 0 Å². The Kier molecular flexibility index (Phi) is 4.75. The zero-order chi connectivity index (χ0) is 19.9. The lowest BCUT2D eigenvalue weighted by Crippen LogP contribution is -2.19. The van der Waals surface area contributed by atoms with Crippen LogP contribution in [0.4, 0.5) is 0 Å². The van der Waals surface area contributed by atoms with Gasteiger partial charge in [0, 0.05) is 11.1 Å². The van der Waals surface area contributed by atoms with Crippen LogP contribution in [0.2, 0.25) is 0 Å². The van der Waals surface area contributed by atoms with Gasteiger partial charge >= 0.3 is 0 Å². The first-order valence-electron chi connectivity index (χ1n) is 9.93. The number of thiazole rings is 1. The van der Waals surface area contributed by atoms with Gasteiger partial charge in [0.15, 0.2) is 0 Å². The molecule has 28 heavy (non-hydrogen) atoms. The van der Waals surface area contributed by atoms with Crippen LogP contribution in [-0.4, -0.2) is 9.97 Å². The van der Waals surface area contributed by atoms with Gasteiger partial charge in [0.2, 0.25) is 0 Å². The summed E-state index contributed by atoms with van der Waals surface area (Å²) in [6.45, 7) is 11.4. The molecule has 2 nitrogen and oxygen atoms in total. The van der Waals surface area contributed by atoms with Crippen LogP contribution in [0.3, 0.4) is 0 Å². The van der Waals surface area contributed by atoms with Crippen molar-refractivity contribution in [3.63, 3.8) is 0 Å². The Morgan fingerprint density at radius 1 is 0.857 bits per heavy atom. The highest BCUT2D eigenvalue weighted by Crippen LogP contribution is 2.32. The summed E-state index contributed by atoms with van der Waals surface area (Å²) in [4.78, 5) is 9.47. The van der Waals surface area contributed by atoms with Crippen LogP contribution >= 0.6 is 11.3 Å². The molecule has 2 aromatic carbocycles. The summed E-state index contributed by atoms with van der Waals surface area (Å²) in [5.74, 6) is 0. The highest BCUT2D eigenvalue weighted by atomic mass is 32.1. The summed E-state index contributed by atoms with van der Waals surface area (Å²) in [6.07, 6.45) is 1.97. The number of fused-ring (bicyclic) bond motifs is 2. The first-order chi connectivity index (χ1) is 13.2. The number of nitrogens with zero attached hydrogens (tertiary/aromatic N) is 2. The lowest BCUT2D eigenvalue weighted by Gasteiger charge is -2.25. The fourth-order valence-electron chi connectivity index (χ4n) is 4.07. The maximum Gasteiger partial charge on any atom is 0.0814 e. The van der Waals surface area contributed by atoms with Gasteiger partial charge in [-0.25, -0.2) is 4.98 Å². The van der Waals surface area contributed by atoms with Crippen LogP contribution in [0, 0.1) is 5.41 Å². The summed E-state index contributed by atoms with van der Waals surface area (Å²) in [7, 11) is 0. The zero-order valence-corrected chi connectivity index (χ0v) is 18.2. The quantitative estimate of drug-likeness (QED) is 0.378. The second kappa shape index (κ2) is 6.97. The minimum atomic E-state index is 0.121. The van der Waals surface area contributed by atoms with Crippen molar-refractivity contribution in [2.75, 3.05) is 0 Å². The van der Waals surface area contributed by atoms with E-state index in [1.807, 2.05) is 5.51 Å². The molecular weight excluding hydrogens is 360 g/mol. The molecule has 0 radical (unpaired) electrons. The lowest BCUT2D eigenvalue weighted by atomic mass is 9.81. The van der Waals surface area contributed by atoms with E-state index in [1.165, 1.54) is 26.9 Å². The smallest absolute Gasteiger partial charge is 0.0814 e. The molecule has 0 aliphatic heterocycles. The molecule has 0 fully saturated rings. The molecule has 0 saturated heterocycles. The Balaban J connectivity index is 1.59. The van der Waals surface area contributed by atoms with Crippen LogP contribution < -0.4 is 0 Å². The second-order valence-corrected chi connectivity index (χ2v) is 10.5. The molecule has 0 saturated carbocycles. The van der Waals surface area contributed by atoms with Gasteiger partial charge in [-0.05, 0) is 59.1 Å². The first-order valence-corrected chi connectivity index (χ1v) is 10.8. The van der Waals surface area contributed by atoms with Crippen LogP contribution in [0.25, 0.3) is 21.1 Å². The third-order valence-corrected chi connectivity index (χ3v) is 6.14. The van der Waals surface area contributed by atoms with Gasteiger partial charge in [0.25, 0.3) is 0 Å². The molecule has 4 aromatic rings. The van der Waals surface area contributed by atoms with Gasteiger partial charge in [-0.1, -0.05) is 58.9 Å². The van der Waals surface area contributed by atoms with E-state index in [0.717, 1.165) is 23.9 Å². The average Bonchev–Trinajstić information content (AvgIpc) is 3.07. The van der Waals surface area contributed by atoms with Crippen LogP contribution in [0.15, 0.2) is 54.0 Å². The summed E-state index contributed by atoms with van der Waals surface area (Å²) in [5, 5.41) is 1.27. The number of aromatic nitrogens is 2. The average molecular weight is 389 g/mol. The fourth-order valence-corrected chi connectivity index (χ4v) is 4.73. The monoisotopic (exact) mass is 388 g/mol. The van der Waals surface area contributed by atoms with Crippen molar-refractivity contribution in [1.82, 2.24) is 9.97 Å². The molecule has 0 aliphatic rings. The predicted molar refractivity (Wildman–Crippen MR) is 121 cm³/mol. The summed E-state index contributed by atoms with van der Waals surface area (Å²) in [6, 6.07) is 17.6. The van der Waals surface area contributed by atoms with Gasteiger partial charge in [0.1, 0.15) is 0 Å². The number of hydrogen-bond donors (Lipinski definition) is 0. The van der Waals surface area contributed by atoms with Crippen molar-refractivity contribution < 1.29 is 0 Å². The van der Waals surface area contributed by atoms with Crippen molar-refractivity contribution >= 4 is 32.5 Å². The van der Waals surface area contributed by atoms with Crippen molar-refractivity contribution in [3.05, 3.63) is 70.9 Å². The molecule has 0 spiro atoms. The van der Waals surface area contributed by atoms with Gasteiger partial charge < -0.3 is 0 Å². The van der Waals surface area contributed by atoms with Gasteiger partial charge in [0.05, 0.1) is 21.2 Å². The van der Waals surface area contributed by atoms with E-state index in [2.05, 4.69) is 88.1 Å². The number of pyridine rings is 1. The normalized spacial score (nSPS) is 12.8. The zero-order valence-electron chi connectivity index (χ0n) is 17.4. The van der Waals surface area contributed by atoms with Crippen LogP contribution in [-0.2, 0) is 18.3 Å². The lowest BCUT2D eigenvalue weighted by molar-refractivity contribution is 0.357. The molecule has 0 N–H and O–H groups in total. The summed E-state index contributed by atoms with van der Waals surface area (Å²) >= 11 is 1.70. The summed E-state index contributed by atoms with van der Waals surface area (Å²) in [5.41, 5.74) is 8.26. The largest absolute Gasteiger partial charge is 0.253 e. The highest BCUT2D eigenvalue weighted by Gasteiger charge is 2.22. The van der Waals surface area contributed by atoms with Gasteiger partial charge in [-0.2, -0.15) is 0 Å². The van der Waals surface area contributed by atoms with Crippen molar-refractivity contribution in [2.45, 2.75) is 52.9 Å². The van der Waals surface area contributed by atoms with E-state index in [-0.39, 0.29) is 10.8 Å². The molecule has 0 bridgehead atoms. The molecule has 2 heterocycles. The first kappa shape index (κ1) is 19.1. The molecule has 144 valence electrons. The Hall–Kier alpha value is -2.26. The molecule has 0 amide bonds. The Bertz CT molecular complexity index is 1130. The molecule has 0 atom stereocenters. The Labute approximate surface area is 171 Å². The number of benzene rings is 2. The number of rotatable bonds is 4. The van der Waals surface area contributed by atoms with E-state index < -0.39 is 0 Å². The fraction of sp³-hybridized carbons (Fsp3) is 0.360. The number of hydrogen-bond acceptors (Lipinski definition) is 3. The van der Waals surface area contributed by atoms with E-state index in [4.69, 9.17) is 4.98 Å². The van der Waals surface area contributed by atoms with Crippen LogP contribution in [0.1, 0.15) is 51.4 Å². The molecule has 0 unspecified atom stereocenters. The maximum absolute atomic E-state index is 5.01. The van der Waals surface area contributed by atoms with Gasteiger partial charge in [-0.15, -0.1) is 11.3 Å². The van der Waals surface area contributed by atoms with Crippen molar-refractivity contribution in [2.24, 2.45) is 5.41 Å². The third-order valence-electron chi connectivity index (χ3n) is 5.33. The molecule has 0 aliphatic carbocycles. The van der Waals surface area contributed by atoms with E-state index in [1.54, 1.807) is 11.3 Å². The standard InChI is InChI=1S/C25H28N2S/c1-24(2,3)20-7-6-8-21-19(20)11-10-18(27-21)15-25(4,5)14-17-9-12-23-22(13-17)26-16-28-23/h6-13,16H,14-15H2,1-5H3.